The van der Waals surface area contributed by atoms with E-state index in [0.29, 0.717) is 24.0 Å². The fourth-order valence-electron chi connectivity index (χ4n) is 2.99. The molecule has 0 atom stereocenters. The Kier molecular flexibility index (Phi) is 3.67. The van der Waals surface area contributed by atoms with Gasteiger partial charge in [0.05, 0.1) is 11.1 Å². The van der Waals surface area contributed by atoms with Crippen LogP contribution in [0, 0.1) is 0 Å². The molecular formula is C18H16O4. The Bertz CT molecular complexity index is 696. The van der Waals surface area contributed by atoms with Gasteiger partial charge in [-0.15, -0.1) is 0 Å². The highest BCUT2D eigenvalue weighted by Gasteiger charge is 2.16. The summed E-state index contributed by atoms with van der Waals surface area (Å²) in [6, 6.07) is 10.9. The molecule has 2 aromatic carbocycles. The van der Waals surface area contributed by atoms with E-state index in [0.717, 1.165) is 35.1 Å². The van der Waals surface area contributed by atoms with Crippen molar-refractivity contribution < 1.29 is 19.8 Å². The van der Waals surface area contributed by atoms with Crippen LogP contribution in [0.2, 0.25) is 0 Å². The van der Waals surface area contributed by atoms with Gasteiger partial charge in [0.25, 0.3) is 0 Å². The van der Waals surface area contributed by atoms with Gasteiger partial charge in [-0.05, 0) is 60.1 Å². The molecule has 0 aliphatic heterocycles. The van der Waals surface area contributed by atoms with Crippen molar-refractivity contribution >= 4 is 11.9 Å². The minimum Gasteiger partial charge on any atom is -0.478 e. The molecule has 3 rings (SSSR count). The first-order valence-electron chi connectivity index (χ1n) is 7.25. The van der Waals surface area contributed by atoms with E-state index in [1.807, 2.05) is 24.3 Å². The van der Waals surface area contributed by atoms with Crippen molar-refractivity contribution in [1.82, 2.24) is 0 Å². The third-order valence-corrected chi connectivity index (χ3v) is 4.17. The molecule has 2 aromatic rings. The lowest BCUT2D eigenvalue weighted by atomic mass is 9.90. The van der Waals surface area contributed by atoms with Crippen molar-refractivity contribution in [2.45, 2.75) is 25.7 Å². The zero-order chi connectivity index (χ0) is 15.7. The number of carbonyl (C=O) groups is 2. The summed E-state index contributed by atoms with van der Waals surface area (Å²) in [6.07, 6.45) is 2.69. The maximum Gasteiger partial charge on any atom is 0.335 e. The van der Waals surface area contributed by atoms with Crippen LogP contribution in [0.4, 0.5) is 0 Å². The number of fused-ring (bicyclic) bond motifs is 4. The number of carboxylic acids is 2. The van der Waals surface area contributed by atoms with Gasteiger partial charge in [-0.25, -0.2) is 9.59 Å². The molecule has 4 heteroatoms. The fourth-order valence-corrected chi connectivity index (χ4v) is 2.99. The molecule has 2 N–H and O–H groups in total. The van der Waals surface area contributed by atoms with Crippen LogP contribution in [0.3, 0.4) is 0 Å². The molecule has 4 bridgehead atoms. The number of benzene rings is 2. The minimum absolute atomic E-state index is 0.303. The second-order valence-corrected chi connectivity index (χ2v) is 5.59. The highest BCUT2D eigenvalue weighted by Crippen LogP contribution is 2.22. The summed E-state index contributed by atoms with van der Waals surface area (Å²) in [7, 11) is 0. The van der Waals surface area contributed by atoms with Gasteiger partial charge in [0, 0.05) is 0 Å². The molecule has 0 spiro atoms. The standard InChI is InChI=1S/C18H16O4/c19-17(20)15-7-3-11-1-2-12-4-8-16(18(21)22)14(10-12)6-5-13(15)9-11/h3-4,7-10H,1-2,5-6H2,(H,19,20)(H,21,22). The van der Waals surface area contributed by atoms with Crippen LogP contribution in [-0.4, -0.2) is 22.2 Å². The van der Waals surface area contributed by atoms with Crippen LogP contribution in [0.15, 0.2) is 36.4 Å². The fraction of sp³-hybridized carbons (Fsp3) is 0.222. The van der Waals surface area contributed by atoms with Crippen molar-refractivity contribution in [2.24, 2.45) is 0 Å². The molecular weight excluding hydrogens is 280 g/mol. The summed E-state index contributed by atoms with van der Waals surface area (Å²) < 4.78 is 0. The minimum atomic E-state index is -0.939. The number of hydrogen-bond acceptors (Lipinski definition) is 2. The van der Waals surface area contributed by atoms with Gasteiger partial charge in [0.15, 0.2) is 0 Å². The van der Waals surface area contributed by atoms with Gasteiger partial charge in [-0.1, -0.05) is 24.3 Å². The van der Waals surface area contributed by atoms with Gasteiger partial charge in [-0.2, -0.15) is 0 Å². The maximum absolute atomic E-state index is 11.3. The average Bonchev–Trinajstić information content (AvgIpc) is 2.50. The number of carboxylic acid groups (broad SMARTS) is 2. The first-order chi connectivity index (χ1) is 10.5. The van der Waals surface area contributed by atoms with Crippen molar-refractivity contribution in [3.8, 4) is 0 Å². The smallest absolute Gasteiger partial charge is 0.335 e. The van der Waals surface area contributed by atoms with Crippen molar-refractivity contribution in [1.29, 1.82) is 0 Å². The summed E-state index contributed by atoms with van der Waals surface area (Å²) in [5, 5.41) is 18.6. The van der Waals surface area contributed by atoms with Crippen LogP contribution in [0.25, 0.3) is 0 Å². The SMILES string of the molecule is O=C(O)c1ccc2cc1CCc1cc(ccc1C(=O)O)CC2. The number of rotatable bonds is 2. The normalized spacial score (nSPS) is 13.5. The van der Waals surface area contributed by atoms with E-state index in [4.69, 9.17) is 0 Å². The lowest BCUT2D eigenvalue weighted by Gasteiger charge is -2.14. The molecule has 0 saturated heterocycles. The molecule has 0 aromatic heterocycles. The molecule has 22 heavy (non-hydrogen) atoms. The van der Waals surface area contributed by atoms with Gasteiger partial charge in [-0.3, -0.25) is 0 Å². The molecule has 0 heterocycles. The third kappa shape index (κ3) is 2.72. The van der Waals surface area contributed by atoms with Crippen molar-refractivity contribution in [3.63, 3.8) is 0 Å². The summed E-state index contributed by atoms with van der Waals surface area (Å²) in [5.41, 5.74) is 4.38. The highest BCUT2D eigenvalue weighted by atomic mass is 16.4. The molecule has 1 aliphatic rings. The van der Waals surface area contributed by atoms with Crippen LogP contribution in [-0.2, 0) is 25.7 Å². The van der Waals surface area contributed by atoms with Gasteiger partial charge < -0.3 is 10.2 Å². The maximum atomic E-state index is 11.3. The van der Waals surface area contributed by atoms with Crippen LogP contribution in [0.1, 0.15) is 43.0 Å². The summed E-state index contributed by atoms with van der Waals surface area (Å²) in [6.45, 7) is 0. The highest BCUT2D eigenvalue weighted by molar-refractivity contribution is 5.90. The van der Waals surface area contributed by atoms with E-state index in [9.17, 15) is 19.8 Å². The van der Waals surface area contributed by atoms with E-state index in [1.54, 1.807) is 12.1 Å². The Morgan fingerprint density at radius 1 is 0.682 bits per heavy atom. The predicted molar refractivity (Wildman–Crippen MR) is 81.6 cm³/mol. The average molecular weight is 296 g/mol. The van der Waals surface area contributed by atoms with Crippen LogP contribution >= 0.6 is 0 Å². The van der Waals surface area contributed by atoms with Gasteiger partial charge in [0.2, 0.25) is 0 Å². The Balaban J connectivity index is 2.04. The topological polar surface area (TPSA) is 74.6 Å². The zero-order valence-corrected chi connectivity index (χ0v) is 12.0. The number of aromatic carboxylic acids is 2. The Morgan fingerprint density at radius 2 is 1.09 bits per heavy atom. The van der Waals surface area contributed by atoms with Crippen molar-refractivity contribution in [3.05, 3.63) is 69.8 Å². The van der Waals surface area contributed by atoms with Crippen molar-refractivity contribution in [2.75, 3.05) is 0 Å². The lowest BCUT2D eigenvalue weighted by Crippen LogP contribution is -2.10. The Labute approximate surface area is 128 Å². The number of hydrogen-bond donors (Lipinski definition) is 2. The molecule has 0 fully saturated rings. The quantitative estimate of drug-likeness (QED) is 0.893. The summed E-state index contributed by atoms with van der Waals surface area (Å²) in [5.74, 6) is -1.88. The summed E-state index contributed by atoms with van der Waals surface area (Å²) in [4.78, 5) is 22.7. The predicted octanol–water partition coefficient (Wildman–Crippen LogP) is 2.97. The van der Waals surface area contributed by atoms with E-state index in [-0.39, 0.29) is 0 Å². The second kappa shape index (κ2) is 5.64. The Morgan fingerprint density at radius 3 is 1.45 bits per heavy atom. The molecule has 0 amide bonds. The lowest BCUT2D eigenvalue weighted by molar-refractivity contribution is 0.0684. The molecule has 0 unspecified atom stereocenters. The van der Waals surface area contributed by atoms with E-state index < -0.39 is 11.9 Å². The van der Waals surface area contributed by atoms with E-state index >= 15 is 0 Å². The van der Waals surface area contributed by atoms with Gasteiger partial charge in [0.1, 0.15) is 0 Å². The monoisotopic (exact) mass is 296 g/mol. The second-order valence-electron chi connectivity index (χ2n) is 5.59. The first-order valence-corrected chi connectivity index (χ1v) is 7.25. The van der Waals surface area contributed by atoms with Crippen LogP contribution in [0.5, 0.6) is 0 Å². The number of aryl methyl sites for hydroxylation is 4. The zero-order valence-electron chi connectivity index (χ0n) is 12.0. The van der Waals surface area contributed by atoms with E-state index in [2.05, 4.69) is 0 Å². The van der Waals surface area contributed by atoms with Crippen LogP contribution < -0.4 is 0 Å². The van der Waals surface area contributed by atoms with E-state index in [1.165, 1.54) is 0 Å². The molecule has 0 saturated carbocycles. The summed E-state index contributed by atoms with van der Waals surface area (Å²) >= 11 is 0. The first kappa shape index (κ1) is 14.3. The molecule has 112 valence electrons. The molecule has 1 aliphatic carbocycles. The largest absolute Gasteiger partial charge is 0.478 e. The molecule has 4 nitrogen and oxygen atoms in total. The Hall–Kier alpha value is -2.62. The molecule has 0 radical (unpaired) electrons. The van der Waals surface area contributed by atoms with Gasteiger partial charge >= 0.3 is 11.9 Å². The third-order valence-electron chi connectivity index (χ3n) is 4.17.